The summed E-state index contributed by atoms with van der Waals surface area (Å²) in [4.78, 5) is 2.25. The van der Waals surface area contributed by atoms with Gasteiger partial charge in [0.2, 0.25) is 0 Å². The Morgan fingerprint density at radius 3 is 2.04 bits per heavy atom. The minimum atomic E-state index is 0.891. The highest BCUT2D eigenvalue weighted by atomic mass is 16.3. The summed E-state index contributed by atoms with van der Waals surface area (Å²) in [5, 5.41) is 4.67. The fourth-order valence-corrected chi connectivity index (χ4v) is 7.68. The van der Waals surface area contributed by atoms with Crippen molar-refractivity contribution >= 4 is 60.7 Å². The number of para-hydroxylation sites is 2. The minimum Gasteiger partial charge on any atom is -0.456 e. The molecule has 0 saturated heterocycles. The maximum Gasteiger partial charge on any atom is 0.137 e. The van der Waals surface area contributed by atoms with Crippen LogP contribution in [0.5, 0.6) is 0 Å². The van der Waals surface area contributed by atoms with Crippen molar-refractivity contribution in [3.05, 3.63) is 194 Å². The number of aromatic nitrogens is 1. The first-order valence-electron chi connectivity index (χ1n) is 17.3. The van der Waals surface area contributed by atoms with E-state index >= 15 is 0 Å². The van der Waals surface area contributed by atoms with Crippen LogP contribution < -0.4 is 4.90 Å². The van der Waals surface area contributed by atoms with Crippen molar-refractivity contribution < 1.29 is 4.42 Å². The number of fused-ring (bicyclic) bond motifs is 7. The van der Waals surface area contributed by atoms with Crippen LogP contribution in [0.1, 0.15) is 5.56 Å². The van der Waals surface area contributed by atoms with E-state index in [4.69, 9.17) is 4.42 Å². The lowest BCUT2D eigenvalue weighted by Gasteiger charge is -2.26. The Labute approximate surface area is 295 Å². The summed E-state index contributed by atoms with van der Waals surface area (Å²) in [6.45, 7) is 4.49. The van der Waals surface area contributed by atoms with Crippen molar-refractivity contribution in [2.45, 2.75) is 0 Å². The van der Waals surface area contributed by atoms with Crippen LogP contribution in [-0.4, -0.2) is 4.57 Å². The molecule has 3 nitrogen and oxygen atoms in total. The second kappa shape index (κ2) is 11.6. The summed E-state index contributed by atoms with van der Waals surface area (Å²) in [7, 11) is 0. The van der Waals surface area contributed by atoms with Gasteiger partial charge in [-0.25, -0.2) is 0 Å². The van der Waals surface area contributed by atoms with E-state index in [9.17, 15) is 0 Å². The van der Waals surface area contributed by atoms with Gasteiger partial charge in [0.25, 0.3) is 0 Å². The van der Waals surface area contributed by atoms with Crippen molar-refractivity contribution in [2.24, 2.45) is 0 Å². The van der Waals surface area contributed by atoms with E-state index in [1.165, 1.54) is 27.4 Å². The molecule has 0 fully saturated rings. The number of benzene rings is 7. The van der Waals surface area contributed by atoms with E-state index in [0.717, 1.165) is 66.8 Å². The van der Waals surface area contributed by atoms with E-state index in [-0.39, 0.29) is 0 Å². The third-order valence-electron chi connectivity index (χ3n) is 10.1. The molecule has 0 bridgehead atoms. The van der Waals surface area contributed by atoms with Crippen molar-refractivity contribution in [1.82, 2.24) is 4.57 Å². The third kappa shape index (κ3) is 4.74. The SMILES string of the molecule is C=C1/C=C\C=C/N(c2ccc(-c3ccccc3)cc2)c2ccc(-c3ccc4c(c3)c3ccccc3n4-c3cccc4oc5ccccc5c34)cc21. The zero-order valence-corrected chi connectivity index (χ0v) is 27.8. The maximum absolute atomic E-state index is 6.29. The Balaban J connectivity index is 1.10. The van der Waals surface area contributed by atoms with Gasteiger partial charge in [0.1, 0.15) is 11.2 Å². The molecule has 0 radical (unpaired) electrons. The zero-order valence-electron chi connectivity index (χ0n) is 27.8. The zero-order chi connectivity index (χ0) is 33.9. The fraction of sp³-hybridized carbons (Fsp3) is 0. The van der Waals surface area contributed by atoms with Crippen LogP contribution in [0.25, 0.3) is 77.3 Å². The van der Waals surface area contributed by atoms with Gasteiger partial charge in [-0.3, -0.25) is 0 Å². The van der Waals surface area contributed by atoms with Crippen molar-refractivity contribution in [3.63, 3.8) is 0 Å². The van der Waals surface area contributed by atoms with Gasteiger partial charge in [0, 0.05) is 33.6 Å². The van der Waals surface area contributed by atoms with Gasteiger partial charge in [-0.05, 0) is 94.6 Å². The van der Waals surface area contributed by atoms with Crippen LogP contribution in [-0.2, 0) is 0 Å². The molecule has 9 aromatic rings. The van der Waals surface area contributed by atoms with Crippen LogP contribution in [0.4, 0.5) is 11.4 Å². The van der Waals surface area contributed by atoms with Crippen LogP contribution in [0.2, 0.25) is 0 Å². The number of hydrogen-bond donors (Lipinski definition) is 0. The molecule has 7 aromatic carbocycles. The van der Waals surface area contributed by atoms with Gasteiger partial charge in [-0.15, -0.1) is 0 Å². The molecule has 0 saturated carbocycles. The van der Waals surface area contributed by atoms with E-state index < -0.39 is 0 Å². The lowest BCUT2D eigenvalue weighted by Crippen LogP contribution is -2.11. The standard InChI is InChI=1S/C48H32N2O/c1-32-12-9-10-29-49(37-25-21-34(22-26-37)33-13-3-2-4-14-33)42-27-23-35(30-40(32)42)36-24-28-44-41(31-36)38-15-5-7-17-43(38)50(44)45-18-11-20-47-48(45)39-16-6-8-19-46(39)51-47/h2-31H,1H2/b12-9-,29-10-. The lowest BCUT2D eigenvalue weighted by atomic mass is 9.95. The van der Waals surface area contributed by atoms with Crippen molar-refractivity contribution in [2.75, 3.05) is 4.90 Å². The fourth-order valence-electron chi connectivity index (χ4n) is 7.68. The Hall–Kier alpha value is -6.84. The first kappa shape index (κ1) is 29.1. The van der Waals surface area contributed by atoms with E-state index in [1.807, 2.05) is 12.1 Å². The number of rotatable bonds is 4. The molecule has 0 aliphatic carbocycles. The average molecular weight is 653 g/mol. The second-order valence-electron chi connectivity index (χ2n) is 13.1. The van der Waals surface area contributed by atoms with Gasteiger partial charge >= 0.3 is 0 Å². The monoisotopic (exact) mass is 652 g/mol. The number of anilines is 2. The normalized spacial score (nSPS) is 14.2. The predicted octanol–water partition coefficient (Wildman–Crippen LogP) is 13.3. The molecule has 0 atom stereocenters. The highest BCUT2D eigenvalue weighted by Crippen LogP contribution is 2.42. The lowest BCUT2D eigenvalue weighted by molar-refractivity contribution is 0.669. The minimum absolute atomic E-state index is 0.891. The van der Waals surface area contributed by atoms with E-state index in [1.54, 1.807) is 0 Å². The van der Waals surface area contributed by atoms with Gasteiger partial charge in [-0.1, -0.05) is 116 Å². The number of nitrogens with zero attached hydrogens (tertiary/aromatic N) is 2. The average Bonchev–Trinajstić information content (AvgIpc) is 3.73. The van der Waals surface area contributed by atoms with Gasteiger partial charge in [0.05, 0.1) is 27.8 Å². The Kier molecular flexibility index (Phi) is 6.65. The molecule has 1 aliphatic heterocycles. The summed E-state index contributed by atoms with van der Waals surface area (Å²) in [6, 6.07) is 56.2. The van der Waals surface area contributed by atoms with E-state index in [0.29, 0.717) is 0 Å². The van der Waals surface area contributed by atoms with Gasteiger partial charge in [-0.2, -0.15) is 0 Å². The van der Waals surface area contributed by atoms with E-state index in [2.05, 4.69) is 186 Å². The molecular weight excluding hydrogens is 621 g/mol. The molecule has 51 heavy (non-hydrogen) atoms. The summed E-state index contributed by atoms with van der Waals surface area (Å²) in [6.07, 6.45) is 8.35. The molecule has 0 unspecified atom stereocenters. The molecule has 3 heteroatoms. The molecule has 3 heterocycles. The highest BCUT2D eigenvalue weighted by molar-refractivity contribution is 6.15. The van der Waals surface area contributed by atoms with Crippen molar-refractivity contribution in [3.8, 4) is 27.9 Å². The number of hydrogen-bond acceptors (Lipinski definition) is 2. The Morgan fingerprint density at radius 1 is 0.471 bits per heavy atom. The molecule has 1 aliphatic rings. The smallest absolute Gasteiger partial charge is 0.137 e. The molecule has 2 aromatic heterocycles. The van der Waals surface area contributed by atoms with Crippen LogP contribution >= 0.6 is 0 Å². The second-order valence-corrected chi connectivity index (χ2v) is 13.1. The van der Waals surface area contributed by atoms with Crippen LogP contribution in [0, 0.1) is 0 Å². The van der Waals surface area contributed by atoms with Crippen molar-refractivity contribution in [1.29, 1.82) is 0 Å². The predicted molar refractivity (Wildman–Crippen MR) is 215 cm³/mol. The summed E-state index contributed by atoms with van der Waals surface area (Å²) >= 11 is 0. The number of furan rings is 1. The highest BCUT2D eigenvalue weighted by Gasteiger charge is 2.19. The quantitative estimate of drug-likeness (QED) is 0.189. The molecular formula is C48H32N2O. The first-order valence-corrected chi connectivity index (χ1v) is 17.3. The molecule has 240 valence electrons. The Morgan fingerprint density at radius 2 is 1.16 bits per heavy atom. The summed E-state index contributed by atoms with van der Waals surface area (Å²) < 4.78 is 8.68. The third-order valence-corrected chi connectivity index (χ3v) is 10.1. The molecule has 10 rings (SSSR count). The molecule has 0 spiro atoms. The topological polar surface area (TPSA) is 21.3 Å². The maximum atomic E-state index is 6.29. The van der Waals surface area contributed by atoms with Gasteiger partial charge < -0.3 is 13.9 Å². The van der Waals surface area contributed by atoms with Crippen LogP contribution in [0.3, 0.4) is 0 Å². The van der Waals surface area contributed by atoms with Gasteiger partial charge in [0.15, 0.2) is 0 Å². The largest absolute Gasteiger partial charge is 0.456 e. The number of allylic oxidation sites excluding steroid dienone is 4. The summed E-state index contributed by atoms with van der Waals surface area (Å²) in [5.74, 6) is 0. The van der Waals surface area contributed by atoms with Crippen LogP contribution in [0.15, 0.2) is 193 Å². The molecule has 0 amide bonds. The first-order chi connectivity index (χ1) is 25.2. The summed E-state index contributed by atoms with van der Waals surface area (Å²) in [5.41, 5.74) is 14.2. The molecule has 0 N–H and O–H groups in total. The Bertz CT molecular complexity index is 2870.